The van der Waals surface area contributed by atoms with Crippen molar-refractivity contribution < 1.29 is 4.74 Å². The number of hydrogen-bond donors (Lipinski definition) is 2. The van der Waals surface area contributed by atoms with E-state index in [1.165, 1.54) is 0 Å². The van der Waals surface area contributed by atoms with Gasteiger partial charge in [-0.1, -0.05) is 30.3 Å². The molecular formula is C17H16N4OS. The Morgan fingerprint density at radius 1 is 1.09 bits per heavy atom. The van der Waals surface area contributed by atoms with E-state index in [4.69, 9.17) is 17.0 Å². The molecule has 0 saturated heterocycles. The van der Waals surface area contributed by atoms with Crippen molar-refractivity contribution in [2.75, 3.05) is 5.32 Å². The van der Waals surface area contributed by atoms with Crippen LogP contribution in [0.5, 0.6) is 5.75 Å². The Labute approximate surface area is 139 Å². The van der Waals surface area contributed by atoms with Crippen LogP contribution in [0.2, 0.25) is 0 Å². The van der Waals surface area contributed by atoms with Crippen LogP contribution >= 0.6 is 12.2 Å². The Morgan fingerprint density at radius 2 is 1.83 bits per heavy atom. The van der Waals surface area contributed by atoms with E-state index in [-0.39, 0.29) is 0 Å². The second-order valence-corrected chi connectivity index (χ2v) is 5.38. The first-order valence-corrected chi connectivity index (χ1v) is 7.59. The minimum atomic E-state index is 0.348. The molecule has 1 heterocycles. The summed E-state index contributed by atoms with van der Waals surface area (Å²) in [6, 6.07) is 17.8. The second kappa shape index (κ2) is 7.02. The average Bonchev–Trinajstić information content (AvgIpc) is 2.58. The molecule has 3 rings (SSSR count). The molecule has 0 amide bonds. The molecule has 0 radical (unpaired) electrons. The first kappa shape index (κ1) is 15.2. The number of anilines is 2. The number of rotatable bonds is 5. The maximum absolute atomic E-state index is 5.76. The molecule has 2 N–H and O–H groups in total. The van der Waals surface area contributed by atoms with Gasteiger partial charge in [0, 0.05) is 5.69 Å². The summed E-state index contributed by atoms with van der Waals surface area (Å²) in [6.07, 6.45) is 0. The quantitative estimate of drug-likeness (QED) is 0.690. The van der Waals surface area contributed by atoms with Gasteiger partial charge in [-0.2, -0.15) is 10.1 Å². The highest BCUT2D eigenvalue weighted by molar-refractivity contribution is 7.71. The minimum absolute atomic E-state index is 0.348. The number of aromatic amines is 1. The first-order valence-electron chi connectivity index (χ1n) is 7.18. The van der Waals surface area contributed by atoms with E-state index in [0.29, 0.717) is 17.2 Å². The molecule has 3 aromatic rings. The number of aromatic nitrogens is 3. The minimum Gasteiger partial charge on any atom is -0.489 e. The van der Waals surface area contributed by atoms with Gasteiger partial charge in [-0.25, -0.2) is 0 Å². The molecule has 0 bridgehead atoms. The standard InChI is InChI=1S/C17H16N4OS/c1-12-16(19-17(23)21-20-12)18-14-7-9-15(10-8-14)22-11-13-5-3-2-4-6-13/h2-10H,11H2,1H3,(H2,18,19,21,23). The van der Waals surface area contributed by atoms with E-state index in [9.17, 15) is 0 Å². The molecule has 0 aliphatic rings. The molecule has 2 aromatic carbocycles. The lowest BCUT2D eigenvalue weighted by Crippen LogP contribution is -2.01. The van der Waals surface area contributed by atoms with Gasteiger partial charge in [0.15, 0.2) is 5.82 Å². The van der Waals surface area contributed by atoms with Gasteiger partial charge in [-0.15, -0.1) is 0 Å². The molecule has 116 valence electrons. The van der Waals surface area contributed by atoms with Crippen molar-refractivity contribution in [2.24, 2.45) is 0 Å². The zero-order valence-electron chi connectivity index (χ0n) is 12.6. The number of nitrogens with zero attached hydrogens (tertiary/aromatic N) is 2. The topological polar surface area (TPSA) is 62.8 Å². The summed E-state index contributed by atoms with van der Waals surface area (Å²) in [7, 11) is 0. The zero-order chi connectivity index (χ0) is 16.1. The normalized spacial score (nSPS) is 10.3. The summed E-state index contributed by atoms with van der Waals surface area (Å²) in [6.45, 7) is 2.41. The Kier molecular flexibility index (Phi) is 4.63. The Balaban J connectivity index is 1.65. The van der Waals surface area contributed by atoms with Gasteiger partial charge >= 0.3 is 0 Å². The summed E-state index contributed by atoms with van der Waals surface area (Å²) < 4.78 is 6.11. The van der Waals surface area contributed by atoms with Crippen LogP contribution in [0.15, 0.2) is 54.6 Å². The smallest absolute Gasteiger partial charge is 0.215 e. The fraction of sp³-hybridized carbons (Fsp3) is 0.118. The highest BCUT2D eigenvalue weighted by atomic mass is 32.1. The van der Waals surface area contributed by atoms with E-state index in [1.54, 1.807) is 0 Å². The number of H-pyrrole nitrogens is 1. The number of benzene rings is 2. The van der Waals surface area contributed by atoms with Gasteiger partial charge in [0.2, 0.25) is 4.77 Å². The third-order valence-corrected chi connectivity index (χ3v) is 3.42. The van der Waals surface area contributed by atoms with Crippen molar-refractivity contribution in [1.29, 1.82) is 0 Å². The van der Waals surface area contributed by atoms with E-state index in [1.807, 2.05) is 61.5 Å². The van der Waals surface area contributed by atoms with E-state index in [0.717, 1.165) is 22.7 Å². The molecule has 0 aliphatic carbocycles. The Hall–Kier alpha value is -2.73. The van der Waals surface area contributed by atoms with Crippen LogP contribution in [-0.4, -0.2) is 15.2 Å². The first-order chi connectivity index (χ1) is 11.2. The average molecular weight is 324 g/mol. The molecule has 23 heavy (non-hydrogen) atoms. The number of hydrogen-bond acceptors (Lipinski definition) is 5. The highest BCUT2D eigenvalue weighted by Crippen LogP contribution is 2.20. The molecule has 0 spiro atoms. The van der Waals surface area contributed by atoms with Crippen molar-refractivity contribution in [3.05, 3.63) is 70.6 Å². The zero-order valence-corrected chi connectivity index (χ0v) is 13.4. The van der Waals surface area contributed by atoms with Crippen LogP contribution in [0.3, 0.4) is 0 Å². The fourth-order valence-electron chi connectivity index (χ4n) is 2.02. The van der Waals surface area contributed by atoms with Crippen LogP contribution < -0.4 is 10.1 Å². The molecule has 1 aromatic heterocycles. The van der Waals surface area contributed by atoms with Crippen LogP contribution in [0, 0.1) is 11.7 Å². The largest absolute Gasteiger partial charge is 0.489 e. The molecule has 0 unspecified atom stereocenters. The fourth-order valence-corrected chi connectivity index (χ4v) is 2.16. The van der Waals surface area contributed by atoms with E-state index in [2.05, 4.69) is 20.5 Å². The number of ether oxygens (including phenoxy) is 1. The van der Waals surface area contributed by atoms with Crippen molar-refractivity contribution in [1.82, 2.24) is 15.2 Å². The van der Waals surface area contributed by atoms with Crippen LogP contribution in [0.25, 0.3) is 0 Å². The van der Waals surface area contributed by atoms with Crippen molar-refractivity contribution in [3.63, 3.8) is 0 Å². The van der Waals surface area contributed by atoms with E-state index >= 15 is 0 Å². The van der Waals surface area contributed by atoms with Gasteiger partial charge < -0.3 is 10.1 Å². The second-order valence-electron chi connectivity index (χ2n) is 5.00. The number of nitrogens with one attached hydrogen (secondary N) is 2. The summed E-state index contributed by atoms with van der Waals surface area (Å²) in [5.41, 5.74) is 2.79. The molecular weight excluding hydrogens is 308 g/mol. The molecule has 6 heteroatoms. The van der Waals surface area contributed by atoms with Crippen LogP contribution in [0.1, 0.15) is 11.3 Å². The summed E-state index contributed by atoms with van der Waals surface area (Å²) in [4.78, 5) is 4.22. The molecule has 5 nitrogen and oxygen atoms in total. The van der Waals surface area contributed by atoms with Crippen LogP contribution in [0.4, 0.5) is 11.5 Å². The lowest BCUT2D eigenvalue weighted by atomic mass is 10.2. The molecule has 0 fully saturated rings. The Morgan fingerprint density at radius 3 is 2.57 bits per heavy atom. The Bertz CT molecular complexity index is 831. The predicted molar refractivity (Wildman–Crippen MR) is 92.5 cm³/mol. The lowest BCUT2D eigenvalue weighted by Gasteiger charge is -2.09. The molecule has 0 saturated carbocycles. The number of aryl methyl sites for hydroxylation is 1. The van der Waals surface area contributed by atoms with Crippen molar-refractivity contribution in [2.45, 2.75) is 13.5 Å². The van der Waals surface area contributed by atoms with Gasteiger partial charge in [-0.05, 0) is 49.0 Å². The third kappa shape index (κ3) is 4.14. The summed E-state index contributed by atoms with van der Waals surface area (Å²) in [5, 5.41) is 9.94. The van der Waals surface area contributed by atoms with Crippen LogP contribution in [-0.2, 0) is 6.61 Å². The maximum Gasteiger partial charge on any atom is 0.215 e. The molecule has 0 atom stereocenters. The van der Waals surface area contributed by atoms with Gasteiger partial charge in [0.1, 0.15) is 18.1 Å². The third-order valence-electron chi connectivity index (χ3n) is 3.24. The lowest BCUT2D eigenvalue weighted by molar-refractivity contribution is 0.306. The van der Waals surface area contributed by atoms with Gasteiger partial charge in [0.25, 0.3) is 0 Å². The van der Waals surface area contributed by atoms with Gasteiger partial charge in [0.05, 0.1) is 0 Å². The monoisotopic (exact) mass is 324 g/mol. The van der Waals surface area contributed by atoms with E-state index < -0.39 is 0 Å². The molecule has 0 aliphatic heterocycles. The van der Waals surface area contributed by atoms with Gasteiger partial charge in [-0.3, -0.25) is 5.10 Å². The van der Waals surface area contributed by atoms with Crippen molar-refractivity contribution in [3.8, 4) is 5.75 Å². The SMILES string of the molecule is Cc1n[nH]c(=S)nc1Nc1ccc(OCc2ccccc2)cc1. The predicted octanol–water partition coefficient (Wildman–Crippen LogP) is 4.17. The summed E-state index contributed by atoms with van der Waals surface area (Å²) in [5.74, 6) is 1.46. The maximum atomic E-state index is 5.76. The van der Waals surface area contributed by atoms with Crippen molar-refractivity contribution >= 4 is 23.7 Å². The highest BCUT2D eigenvalue weighted by Gasteiger charge is 2.02. The summed E-state index contributed by atoms with van der Waals surface area (Å²) >= 11 is 4.99.